The van der Waals surface area contributed by atoms with Gasteiger partial charge in [-0.05, 0) is 48.6 Å². The molecule has 5 N–H and O–H groups in total. The number of nitrogens with one attached hydrogen (secondary N) is 2. The number of nitrogens with two attached hydrogens (primary N) is 1. The van der Waals surface area contributed by atoms with E-state index >= 15 is 0 Å². The number of aromatic hydroxyl groups is 1. The van der Waals surface area contributed by atoms with Gasteiger partial charge in [-0.3, -0.25) is 4.79 Å². The van der Waals surface area contributed by atoms with Crippen LogP contribution in [0.15, 0.2) is 41.2 Å². The van der Waals surface area contributed by atoms with E-state index in [4.69, 9.17) is 10.5 Å². The van der Waals surface area contributed by atoms with Crippen LogP contribution in [0.25, 0.3) is 10.2 Å². The first kappa shape index (κ1) is 25.4. The molecule has 0 saturated heterocycles. The van der Waals surface area contributed by atoms with Crippen LogP contribution in [0.3, 0.4) is 0 Å². The van der Waals surface area contributed by atoms with Crippen LogP contribution >= 0.6 is 11.3 Å². The Hall–Kier alpha value is -2.24. The van der Waals surface area contributed by atoms with Crippen molar-refractivity contribution in [2.75, 3.05) is 37.8 Å². The number of thiazole rings is 1. The number of sulfone groups is 1. The maximum atomic E-state index is 12.2. The minimum absolute atomic E-state index is 0.0521. The van der Waals surface area contributed by atoms with Gasteiger partial charge in [-0.2, -0.15) is 0 Å². The first-order chi connectivity index (χ1) is 15.9. The van der Waals surface area contributed by atoms with Gasteiger partial charge in [0.05, 0.1) is 22.8 Å². The summed E-state index contributed by atoms with van der Waals surface area (Å²) in [6, 6.07) is 11.4. The lowest BCUT2D eigenvalue weighted by Gasteiger charge is -2.08. The highest BCUT2D eigenvalue weighted by Gasteiger charge is 2.11. The van der Waals surface area contributed by atoms with Crippen molar-refractivity contribution in [3.63, 3.8) is 0 Å². The summed E-state index contributed by atoms with van der Waals surface area (Å²) < 4.78 is 30.8. The standard InChI is InChI=1S/C23H31N3O5S2/c24-16-18-4-2-17(3-5-18)9-13-31-12-1-14-33(29,30)15-11-25-10-8-19-6-7-20(27)21-22(19)32-23(28)26-21/h2-7,25,27H,1,8-16,24H2,(H,26,28). The fourth-order valence-corrected chi connectivity index (χ4v) is 5.58. The number of aromatic nitrogens is 1. The molecular formula is C23H31N3O5S2. The lowest BCUT2D eigenvalue weighted by molar-refractivity contribution is 0.138. The van der Waals surface area contributed by atoms with Crippen molar-refractivity contribution < 1.29 is 18.3 Å². The zero-order chi connectivity index (χ0) is 23.7. The van der Waals surface area contributed by atoms with Crippen LogP contribution in [0.1, 0.15) is 23.1 Å². The van der Waals surface area contributed by atoms with Gasteiger partial charge in [0.15, 0.2) is 9.84 Å². The summed E-state index contributed by atoms with van der Waals surface area (Å²) in [5, 5.41) is 13.0. The molecule has 3 rings (SSSR count). The lowest BCUT2D eigenvalue weighted by atomic mass is 10.1. The van der Waals surface area contributed by atoms with Crippen LogP contribution in [0.4, 0.5) is 0 Å². The van der Waals surface area contributed by atoms with Crippen molar-refractivity contribution >= 4 is 31.4 Å². The van der Waals surface area contributed by atoms with Gasteiger partial charge in [-0.1, -0.05) is 41.7 Å². The number of fused-ring (bicyclic) bond motifs is 1. The van der Waals surface area contributed by atoms with Crippen molar-refractivity contribution in [1.29, 1.82) is 0 Å². The summed E-state index contributed by atoms with van der Waals surface area (Å²) in [7, 11) is -3.14. The molecule has 8 nitrogen and oxygen atoms in total. The van der Waals surface area contributed by atoms with Crippen LogP contribution in [0.2, 0.25) is 0 Å². The van der Waals surface area contributed by atoms with Gasteiger partial charge in [0.1, 0.15) is 11.3 Å². The van der Waals surface area contributed by atoms with Crippen LogP contribution in [-0.4, -0.2) is 56.3 Å². The molecule has 3 aromatic rings. The third-order valence-electron chi connectivity index (χ3n) is 5.34. The second-order valence-corrected chi connectivity index (χ2v) is 11.1. The lowest BCUT2D eigenvalue weighted by Crippen LogP contribution is -2.26. The molecule has 0 fully saturated rings. The smallest absolute Gasteiger partial charge is 0.305 e. The highest BCUT2D eigenvalue weighted by Crippen LogP contribution is 2.27. The average molecular weight is 494 g/mol. The number of rotatable bonds is 14. The first-order valence-electron chi connectivity index (χ1n) is 11.0. The summed E-state index contributed by atoms with van der Waals surface area (Å²) >= 11 is 1.06. The van der Waals surface area contributed by atoms with Crippen LogP contribution in [0, 0.1) is 0 Å². The van der Waals surface area contributed by atoms with Crippen molar-refractivity contribution in [2.45, 2.75) is 25.8 Å². The third-order valence-corrected chi connectivity index (χ3v) is 8.03. The number of benzene rings is 2. The first-order valence-corrected chi connectivity index (χ1v) is 13.6. The van der Waals surface area contributed by atoms with Gasteiger partial charge in [0.25, 0.3) is 0 Å². The molecule has 33 heavy (non-hydrogen) atoms. The monoisotopic (exact) mass is 493 g/mol. The molecule has 0 unspecified atom stereocenters. The molecule has 0 aliphatic heterocycles. The Kier molecular flexibility index (Phi) is 9.45. The Labute approximate surface area is 197 Å². The number of aromatic amines is 1. The molecule has 0 saturated carbocycles. The summed E-state index contributed by atoms with van der Waals surface area (Å²) in [5.74, 6) is 0.231. The molecule has 1 heterocycles. The molecule has 0 spiro atoms. The molecule has 0 radical (unpaired) electrons. The summed E-state index contributed by atoms with van der Waals surface area (Å²) in [6.45, 7) is 2.46. The molecule has 0 aliphatic carbocycles. The van der Waals surface area contributed by atoms with Crippen molar-refractivity contribution in [3.8, 4) is 5.75 Å². The highest BCUT2D eigenvalue weighted by molar-refractivity contribution is 7.91. The van der Waals surface area contributed by atoms with Gasteiger partial charge in [0, 0.05) is 19.7 Å². The number of ether oxygens (including phenoxy) is 1. The van der Waals surface area contributed by atoms with Gasteiger partial charge in [-0.25, -0.2) is 8.42 Å². The van der Waals surface area contributed by atoms with E-state index in [0.717, 1.165) is 33.6 Å². The SMILES string of the molecule is NCc1ccc(CCOCCCS(=O)(=O)CCNCCc2ccc(O)c3[nH]c(=O)sc23)cc1. The Bertz CT molecular complexity index is 1190. The van der Waals surface area contributed by atoms with Crippen molar-refractivity contribution in [2.24, 2.45) is 5.73 Å². The number of H-pyrrole nitrogens is 1. The van der Waals surface area contributed by atoms with E-state index in [1.165, 1.54) is 5.56 Å². The largest absolute Gasteiger partial charge is 0.506 e. The van der Waals surface area contributed by atoms with Gasteiger partial charge >= 0.3 is 4.87 Å². The Morgan fingerprint density at radius 3 is 2.52 bits per heavy atom. The van der Waals surface area contributed by atoms with E-state index in [9.17, 15) is 18.3 Å². The van der Waals surface area contributed by atoms with Gasteiger partial charge < -0.3 is 25.9 Å². The number of hydrogen-bond acceptors (Lipinski definition) is 8. The Balaban J connectivity index is 1.28. The van der Waals surface area contributed by atoms with E-state index in [2.05, 4.69) is 10.3 Å². The summed E-state index contributed by atoms with van der Waals surface area (Å²) in [5.41, 5.74) is 9.25. The fraction of sp³-hybridized carbons (Fsp3) is 0.435. The molecule has 180 valence electrons. The predicted octanol–water partition coefficient (Wildman–Crippen LogP) is 1.95. The quantitative estimate of drug-likeness (QED) is 0.252. The van der Waals surface area contributed by atoms with E-state index in [-0.39, 0.29) is 22.1 Å². The maximum Gasteiger partial charge on any atom is 0.305 e. The number of hydrogen-bond donors (Lipinski definition) is 4. The molecule has 2 aromatic carbocycles. The van der Waals surface area contributed by atoms with E-state index in [1.54, 1.807) is 12.1 Å². The zero-order valence-electron chi connectivity index (χ0n) is 18.5. The fourth-order valence-electron chi connectivity index (χ4n) is 3.46. The van der Waals surface area contributed by atoms with E-state index < -0.39 is 9.84 Å². The highest BCUT2D eigenvalue weighted by atomic mass is 32.2. The predicted molar refractivity (Wildman–Crippen MR) is 133 cm³/mol. The van der Waals surface area contributed by atoms with Crippen LogP contribution in [0.5, 0.6) is 5.75 Å². The number of phenolic OH excluding ortho intramolecular Hbond substituents is 1. The second-order valence-electron chi connectivity index (χ2n) is 7.85. The second kappa shape index (κ2) is 12.3. The van der Waals surface area contributed by atoms with Gasteiger partial charge in [0.2, 0.25) is 0 Å². The molecule has 0 atom stereocenters. The third kappa shape index (κ3) is 7.94. The maximum absolute atomic E-state index is 12.2. The minimum atomic E-state index is -3.14. The molecule has 0 bridgehead atoms. The topological polar surface area (TPSA) is 135 Å². The number of phenols is 1. The van der Waals surface area contributed by atoms with Crippen molar-refractivity contribution in [3.05, 3.63) is 62.8 Å². The molecule has 1 aromatic heterocycles. The Morgan fingerprint density at radius 1 is 1.00 bits per heavy atom. The molecule has 0 aliphatic rings. The summed E-state index contributed by atoms with van der Waals surface area (Å²) in [6.07, 6.45) is 1.90. The molecular weight excluding hydrogens is 462 g/mol. The zero-order valence-corrected chi connectivity index (χ0v) is 20.1. The van der Waals surface area contributed by atoms with Gasteiger partial charge in [-0.15, -0.1) is 0 Å². The van der Waals surface area contributed by atoms with Crippen LogP contribution in [-0.2, 0) is 34.0 Å². The Morgan fingerprint density at radius 2 is 1.76 bits per heavy atom. The average Bonchev–Trinajstić information content (AvgIpc) is 3.20. The van der Waals surface area contributed by atoms with E-state index in [1.807, 2.05) is 24.3 Å². The molecule has 0 amide bonds. The molecule has 10 heteroatoms. The normalized spacial score (nSPS) is 11.9. The summed E-state index contributed by atoms with van der Waals surface area (Å²) in [4.78, 5) is 14.0. The van der Waals surface area contributed by atoms with E-state index in [0.29, 0.717) is 51.2 Å². The minimum Gasteiger partial charge on any atom is -0.506 e. The van der Waals surface area contributed by atoms with Crippen molar-refractivity contribution in [1.82, 2.24) is 10.3 Å². The van der Waals surface area contributed by atoms with Crippen LogP contribution < -0.4 is 15.9 Å².